The molecule has 0 bridgehead atoms. The SMILES string of the molecule is CN1[CH]C(O)CC1. The lowest BCUT2D eigenvalue weighted by Gasteiger charge is -2.01. The molecule has 0 amide bonds. The van der Waals surface area contributed by atoms with Gasteiger partial charge in [0, 0.05) is 6.54 Å². The topological polar surface area (TPSA) is 23.5 Å². The molecule has 1 aliphatic heterocycles. The van der Waals surface area contributed by atoms with Gasteiger partial charge in [0.1, 0.15) is 0 Å². The maximum absolute atomic E-state index is 8.80. The zero-order valence-corrected chi connectivity index (χ0v) is 4.46. The van der Waals surface area contributed by atoms with E-state index >= 15 is 0 Å². The third kappa shape index (κ3) is 1.14. The second kappa shape index (κ2) is 1.80. The summed E-state index contributed by atoms with van der Waals surface area (Å²) in [6.45, 7) is 2.83. The first kappa shape index (κ1) is 5.06. The predicted molar refractivity (Wildman–Crippen MR) is 27.6 cm³/mol. The van der Waals surface area contributed by atoms with Crippen molar-refractivity contribution in [2.24, 2.45) is 0 Å². The zero-order valence-electron chi connectivity index (χ0n) is 4.46. The standard InChI is InChI=1S/C5H10NO/c1-6-3-2-5(7)4-6/h4-5,7H,2-3H2,1H3. The molecule has 0 spiro atoms. The van der Waals surface area contributed by atoms with Crippen LogP contribution >= 0.6 is 0 Å². The molecule has 2 heteroatoms. The highest BCUT2D eigenvalue weighted by molar-refractivity contribution is 4.82. The number of rotatable bonds is 0. The molecule has 0 aliphatic carbocycles. The summed E-state index contributed by atoms with van der Waals surface area (Å²) in [5.41, 5.74) is 0. The van der Waals surface area contributed by atoms with Crippen LogP contribution in [0.25, 0.3) is 0 Å². The maximum Gasteiger partial charge on any atom is 0.0723 e. The molecule has 2 nitrogen and oxygen atoms in total. The predicted octanol–water partition coefficient (Wildman–Crippen LogP) is -0.155. The van der Waals surface area contributed by atoms with Gasteiger partial charge in [-0.15, -0.1) is 0 Å². The molecular weight excluding hydrogens is 90.1 g/mol. The van der Waals surface area contributed by atoms with Gasteiger partial charge in [-0.05, 0) is 13.5 Å². The Hall–Kier alpha value is -0.0800. The molecule has 41 valence electrons. The van der Waals surface area contributed by atoms with Crippen LogP contribution in [-0.2, 0) is 0 Å². The number of hydrogen-bond donors (Lipinski definition) is 1. The maximum atomic E-state index is 8.80. The van der Waals surface area contributed by atoms with Crippen molar-refractivity contribution in [3.8, 4) is 0 Å². The highest BCUT2D eigenvalue weighted by atomic mass is 16.3. The zero-order chi connectivity index (χ0) is 5.28. The van der Waals surface area contributed by atoms with Gasteiger partial charge in [-0.3, -0.25) is 4.90 Å². The van der Waals surface area contributed by atoms with Crippen LogP contribution in [-0.4, -0.2) is 29.7 Å². The fourth-order valence-electron chi connectivity index (χ4n) is 0.779. The van der Waals surface area contributed by atoms with Gasteiger partial charge in [-0.2, -0.15) is 0 Å². The highest BCUT2D eigenvalue weighted by Crippen LogP contribution is 2.08. The fourth-order valence-corrected chi connectivity index (χ4v) is 0.779. The lowest BCUT2D eigenvalue weighted by atomic mass is 10.3. The molecule has 0 saturated carbocycles. The average Bonchev–Trinajstić information content (AvgIpc) is 1.87. The van der Waals surface area contributed by atoms with E-state index < -0.39 is 0 Å². The van der Waals surface area contributed by atoms with E-state index in [9.17, 15) is 0 Å². The van der Waals surface area contributed by atoms with Gasteiger partial charge in [-0.1, -0.05) is 0 Å². The van der Waals surface area contributed by atoms with Crippen molar-refractivity contribution < 1.29 is 5.11 Å². The van der Waals surface area contributed by atoms with Crippen LogP contribution in [0.1, 0.15) is 6.42 Å². The van der Waals surface area contributed by atoms with Crippen molar-refractivity contribution in [2.75, 3.05) is 13.6 Å². The molecule has 1 rings (SSSR count). The summed E-state index contributed by atoms with van der Waals surface area (Å²) in [4.78, 5) is 2.00. The monoisotopic (exact) mass is 100 g/mol. The van der Waals surface area contributed by atoms with E-state index in [1.54, 1.807) is 0 Å². The largest absolute Gasteiger partial charge is 0.391 e. The van der Waals surface area contributed by atoms with Gasteiger partial charge >= 0.3 is 0 Å². The summed E-state index contributed by atoms with van der Waals surface area (Å²) < 4.78 is 0. The number of nitrogens with zero attached hydrogens (tertiary/aromatic N) is 1. The number of aliphatic hydroxyl groups excluding tert-OH is 1. The molecule has 1 N–H and O–H groups in total. The van der Waals surface area contributed by atoms with E-state index in [4.69, 9.17) is 5.11 Å². The van der Waals surface area contributed by atoms with Gasteiger partial charge in [0.2, 0.25) is 0 Å². The second-order valence-electron chi connectivity index (χ2n) is 1.99. The Morgan fingerprint density at radius 2 is 2.57 bits per heavy atom. The highest BCUT2D eigenvalue weighted by Gasteiger charge is 2.15. The Balaban J connectivity index is 2.26. The summed E-state index contributed by atoms with van der Waals surface area (Å²) >= 11 is 0. The molecule has 0 aromatic carbocycles. The quantitative estimate of drug-likeness (QED) is 0.457. The normalized spacial score (nSPS) is 34.3. The minimum Gasteiger partial charge on any atom is -0.391 e. The van der Waals surface area contributed by atoms with Crippen LogP contribution in [0.15, 0.2) is 0 Å². The third-order valence-electron chi connectivity index (χ3n) is 1.20. The van der Waals surface area contributed by atoms with Crippen molar-refractivity contribution in [1.82, 2.24) is 4.90 Å². The van der Waals surface area contributed by atoms with E-state index in [0.717, 1.165) is 13.0 Å². The van der Waals surface area contributed by atoms with Crippen LogP contribution in [0.3, 0.4) is 0 Å². The molecule has 1 saturated heterocycles. The summed E-state index contributed by atoms with van der Waals surface area (Å²) in [7, 11) is 1.97. The van der Waals surface area contributed by atoms with E-state index in [1.165, 1.54) is 0 Å². The third-order valence-corrected chi connectivity index (χ3v) is 1.20. The smallest absolute Gasteiger partial charge is 0.0723 e. The van der Waals surface area contributed by atoms with Gasteiger partial charge < -0.3 is 5.11 Å². The van der Waals surface area contributed by atoms with Gasteiger partial charge in [0.15, 0.2) is 0 Å². The molecule has 0 aromatic rings. The minimum absolute atomic E-state index is 0.176. The number of likely N-dealkylation sites (tertiary alicyclic amines) is 1. The molecule has 7 heavy (non-hydrogen) atoms. The first-order valence-electron chi connectivity index (χ1n) is 2.52. The Kier molecular flexibility index (Phi) is 1.30. The molecule has 1 radical (unpaired) electrons. The summed E-state index contributed by atoms with van der Waals surface area (Å²) in [5, 5.41) is 8.80. The Labute approximate surface area is 43.7 Å². The van der Waals surface area contributed by atoms with Gasteiger partial charge in [0.25, 0.3) is 0 Å². The lowest BCUT2D eigenvalue weighted by molar-refractivity contribution is 0.211. The van der Waals surface area contributed by atoms with Crippen LogP contribution in [0, 0.1) is 6.54 Å². The average molecular weight is 100 g/mol. The van der Waals surface area contributed by atoms with Gasteiger partial charge in [-0.25, -0.2) is 0 Å². The molecule has 1 aliphatic rings. The molecular formula is C5H10NO. The first-order chi connectivity index (χ1) is 3.29. The number of likely N-dealkylation sites (N-methyl/N-ethyl adjacent to an activating group) is 1. The van der Waals surface area contributed by atoms with E-state index in [0.29, 0.717) is 0 Å². The number of aliphatic hydroxyl groups is 1. The van der Waals surface area contributed by atoms with Crippen LogP contribution < -0.4 is 0 Å². The van der Waals surface area contributed by atoms with Crippen molar-refractivity contribution in [3.05, 3.63) is 6.54 Å². The molecule has 1 unspecified atom stereocenters. The van der Waals surface area contributed by atoms with Crippen molar-refractivity contribution in [1.29, 1.82) is 0 Å². The summed E-state index contributed by atoms with van der Waals surface area (Å²) in [6.07, 6.45) is 0.723. The van der Waals surface area contributed by atoms with Gasteiger partial charge in [0.05, 0.1) is 12.6 Å². The molecule has 1 heterocycles. The Bertz CT molecular complexity index is 57.1. The molecule has 0 aromatic heterocycles. The summed E-state index contributed by atoms with van der Waals surface area (Å²) in [5.74, 6) is 0. The Morgan fingerprint density at radius 1 is 1.86 bits per heavy atom. The Morgan fingerprint density at radius 3 is 2.71 bits per heavy atom. The van der Waals surface area contributed by atoms with E-state index in [1.807, 2.05) is 18.5 Å². The first-order valence-corrected chi connectivity index (χ1v) is 2.52. The fraction of sp³-hybridized carbons (Fsp3) is 0.800. The number of hydrogen-bond acceptors (Lipinski definition) is 2. The summed E-state index contributed by atoms with van der Waals surface area (Å²) in [6, 6.07) is 0. The van der Waals surface area contributed by atoms with Crippen LogP contribution in [0.5, 0.6) is 0 Å². The van der Waals surface area contributed by atoms with Crippen molar-refractivity contribution in [3.63, 3.8) is 0 Å². The van der Waals surface area contributed by atoms with E-state index in [2.05, 4.69) is 0 Å². The molecule has 1 fully saturated rings. The van der Waals surface area contributed by atoms with Crippen LogP contribution in [0.2, 0.25) is 0 Å². The lowest BCUT2D eigenvalue weighted by Crippen LogP contribution is -2.09. The minimum atomic E-state index is -0.176. The second-order valence-corrected chi connectivity index (χ2v) is 1.99. The van der Waals surface area contributed by atoms with Crippen molar-refractivity contribution in [2.45, 2.75) is 12.5 Å². The van der Waals surface area contributed by atoms with E-state index in [-0.39, 0.29) is 6.10 Å². The van der Waals surface area contributed by atoms with Crippen LogP contribution in [0.4, 0.5) is 0 Å². The van der Waals surface area contributed by atoms with Crippen molar-refractivity contribution >= 4 is 0 Å². The molecule has 1 atom stereocenters.